The summed E-state index contributed by atoms with van der Waals surface area (Å²) >= 11 is 0. The van der Waals surface area contributed by atoms with Crippen LogP contribution in [0, 0.1) is 11.8 Å². The van der Waals surface area contributed by atoms with Gasteiger partial charge in [0.2, 0.25) is 5.91 Å². The Kier molecular flexibility index (Phi) is 8.72. The van der Waals surface area contributed by atoms with Crippen molar-refractivity contribution in [2.24, 2.45) is 0 Å². The van der Waals surface area contributed by atoms with E-state index in [-0.39, 0.29) is 12.5 Å². The average Bonchev–Trinajstić information content (AvgIpc) is 2.96. The molecule has 0 aliphatic heterocycles. The van der Waals surface area contributed by atoms with Crippen LogP contribution in [-0.4, -0.2) is 23.8 Å². The van der Waals surface area contributed by atoms with Crippen LogP contribution in [0.3, 0.4) is 0 Å². The van der Waals surface area contributed by atoms with Gasteiger partial charge in [-0.2, -0.15) is 0 Å². The van der Waals surface area contributed by atoms with E-state index in [0.29, 0.717) is 17.9 Å². The van der Waals surface area contributed by atoms with Crippen molar-refractivity contribution in [2.75, 3.05) is 7.11 Å². The van der Waals surface area contributed by atoms with Gasteiger partial charge in [0.05, 0.1) is 7.11 Å². The first kappa shape index (κ1) is 25.3. The summed E-state index contributed by atoms with van der Waals surface area (Å²) in [6.07, 6.45) is 0. The highest BCUT2D eigenvalue weighted by Gasteiger charge is 2.31. The third-order valence-electron chi connectivity index (χ3n) is 5.85. The molecule has 0 aliphatic rings. The van der Waals surface area contributed by atoms with E-state index in [4.69, 9.17) is 4.74 Å². The lowest BCUT2D eigenvalue weighted by Crippen LogP contribution is -2.42. The molecule has 0 spiro atoms. The zero-order valence-corrected chi connectivity index (χ0v) is 20.6. The molecule has 4 rings (SSSR count). The molecule has 0 saturated heterocycles. The molecule has 184 valence electrons. The number of ether oxygens (including phenoxy) is 1. The van der Waals surface area contributed by atoms with Crippen molar-refractivity contribution >= 4 is 11.8 Å². The second-order valence-electron chi connectivity index (χ2n) is 8.41. The smallest absolute Gasteiger partial charge is 0.300 e. The minimum atomic E-state index is -0.896. The van der Waals surface area contributed by atoms with Crippen LogP contribution in [0.1, 0.15) is 28.3 Å². The Hall–Kier alpha value is -4.82. The third-order valence-corrected chi connectivity index (χ3v) is 5.85. The third kappa shape index (κ3) is 7.09. The molecule has 1 unspecified atom stereocenters. The molecule has 0 heterocycles. The number of carbonyl (C=O) groups excluding carboxylic acids is 2. The number of nitrogens with zero attached hydrogens (tertiary/aromatic N) is 1. The Morgan fingerprint density at radius 3 is 1.95 bits per heavy atom. The quantitative estimate of drug-likeness (QED) is 0.350. The molecule has 1 N–H and O–H groups in total. The summed E-state index contributed by atoms with van der Waals surface area (Å²) in [5, 5.41) is 3.01. The van der Waals surface area contributed by atoms with Crippen LogP contribution in [0.4, 0.5) is 0 Å². The maximum absolute atomic E-state index is 13.7. The summed E-state index contributed by atoms with van der Waals surface area (Å²) in [5.74, 6) is 5.62. The lowest BCUT2D eigenvalue weighted by Gasteiger charge is -2.30. The van der Waals surface area contributed by atoms with Gasteiger partial charge < -0.3 is 15.0 Å². The maximum Gasteiger partial charge on any atom is 0.300 e. The summed E-state index contributed by atoms with van der Waals surface area (Å²) in [6.45, 7) is 0.563. The van der Waals surface area contributed by atoms with Gasteiger partial charge in [-0.3, -0.25) is 9.59 Å². The molecule has 4 aromatic rings. The van der Waals surface area contributed by atoms with Gasteiger partial charge in [0, 0.05) is 24.6 Å². The highest BCUT2D eigenvalue weighted by Crippen LogP contribution is 2.26. The SMILES string of the molecule is COc1ccc(C(C(=O)NCc2ccccc2)N(Cc2ccccc2)C(=O)C#Cc2ccccc2)cc1. The van der Waals surface area contributed by atoms with Gasteiger partial charge in [-0.05, 0) is 41.0 Å². The molecule has 0 aromatic heterocycles. The Morgan fingerprint density at radius 1 is 0.784 bits per heavy atom. The second-order valence-corrected chi connectivity index (χ2v) is 8.41. The van der Waals surface area contributed by atoms with Crippen LogP contribution >= 0.6 is 0 Å². The van der Waals surface area contributed by atoms with E-state index in [0.717, 1.165) is 16.7 Å². The van der Waals surface area contributed by atoms with Crippen LogP contribution in [0.15, 0.2) is 115 Å². The lowest BCUT2D eigenvalue weighted by molar-refractivity contribution is -0.137. The molecular formula is C32H28N2O3. The van der Waals surface area contributed by atoms with Crippen molar-refractivity contribution in [3.05, 3.63) is 138 Å². The van der Waals surface area contributed by atoms with Gasteiger partial charge in [0.1, 0.15) is 11.8 Å². The fourth-order valence-corrected chi connectivity index (χ4v) is 3.92. The number of rotatable bonds is 8. The topological polar surface area (TPSA) is 58.6 Å². The number of methoxy groups -OCH3 is 1. The highest BCUT2D eigenvalue weighted by atomic mass is 16.5. The van der Waals surface area contributed by atoms with E-state index in [1.54, 1.807) is 19.2 Å². The van der Waals surface area contributed by atoms with Gasteiger partial charge in [-0.25, -0.2) is 0 Å². The van der Waals surface area contributed by atoms with Crippen LogP contribution in [0.2, 0.25) is 0 Å². The number of hydrogen-bond donors (Lipinski definition) is 1. The minimum Gasteiger partial charge on any atom is -0.497 e. The summed E-state index contributed by atoms with van der Waals surface area (Å²) in [5.41, 5.74) is 3.25. The van der Waals surface area contributed by atoms with E-state index < -0.39 is 11.9 Å². The van der Waals surface area contributed by atoms with Crippen LogP contribution in [-0.2, 0) is 22.7 Å². The first-order valence-corrected chi connectivity index (χ1v) is 12.0. The minimum absolute atomic E-state index is 0.221. The Balaban J connectivity index is 1.70. The molecule has 0 bridgehead atoms. The van der Waals surface area contributed by atoms with Gasteiger partial charge in [0.15, 0.2) is 0 Å². The predicted octanol–water partition coefficient (Wildman–Crippen LogP) is 5.13. The van der Waals surface area contributed by atoms with Crippen molar-refractivity contribution in [3.8, 4) is 17.6 Å². The van der Waals surface area contributed by atoms with Crippen molar-refractivity contribution in [1.29, 1.82) is 0 Å². The molecule has 1 atom stereocenters. The van der Waals surface area contributed by atoms with E-state index in [1.165, 1.54) is 4.90 Å². The van der Waals surface area contributed by atoms with Crippen LogP contribution < -0.4 is 10.1 Å². The van der Waals surface area contributed by atoms with Crippen molar-refractivity contribution < 1.29 is 14.3 Å². The normalized spacial score (nSPS) is 10.9. The van der Waals surface area contributed by atoms with E-state index in [1.807, 2.05) is 103 Å². The zero-order chi connectivity index (χ0) is 25.9. The van der Waals surface area contributed by atoms with E-state index in [9.17, 15) is 9.59 Å². The number of hydrogen-bond acceptors (Lipinski definition) is 3. The standard InChI is InChI=1S/C32H28N2O3/c1-37-29-20-18-28(19-21-29)31(32(36)33-23-26-13-7-3-8-14-26)34(24-27-15-9-4-10-16-27)30(35)22-17-25-11-5-2-6-12-25/h2-16,18-21,31H,23-24H2,1H3,(H,33,36). The largest absolute Gasteiger partial charge is 0.497 e. The predicted molar refractivity (Wildman–Crippen MR) is 144 cm³/mol. The Labute approximate surface area is 217 Å². The lowest BCUT2D eigenvalue weighted by atomic mass is 10.0. The zero-order valence-electron chi connectivity index (χ0n) is 20.6. The summed E-state index contributed by atoms with van der Waals surface area (Å²) in [7, 11) is 1.59. The van der Waals surface area contributed by atoms with E-state index in [2.05, 4.69) is 17.2 Å². The molecule has 5 heteroatoms. The van der Waals surface area contributed by atoms with Gasteiger partial charge in [-0.1, -0.05) is 96.9 Å². The average molecular weight is 489 g/mol. The number of nitrogens with one attached hydrogen (secondary N) is 1. The fraction of sp³-hybridized carbons (Fsp3) is 0.125. The van der Waals surface area contributed by atoms with E-state index >= 15 is 0 Å². The monoisotopic (exact) mass is 488 g/mol. The number of benzene rings is 4. The molecule has 5 nitrogen and oxygen atoms in total. The van der Waals surface area contributed by atoms with Gasteiger partial charge in [-0.15, -0.1) is 0 Å². The molecule has 0 radical (unpaired) electrons. The summed E-state index contributed by atoms with van der Waals surface area (Å²) in [4.78, 5) is 28.8. The maximum atomic E-state index is 13.7. The van der Waals surface area contributed by atoms with Crippen molar-refractivity contribution in [3.63, 3.8) is 0 Å². The first-order valence-electron chi connectivity index (χ1n) is 12.0. The first-order chi connectivity index (χ1) is 18.1. The van der Waals surface area contributed by atoms with Crippen LogP contribution in [0.25, 0.3) is 0 Å². The van der Waals surface area contributed by atoms with Crippen molar-refractivity contribution in [2.45, 2.75) is 19.1 Å². The molecular weight excluding hydrogens is 460 g/mol. The van der Waals surface area contributed by atoms with Crippen LogP contribution in [0.5, 0.6) is 5.75 Å². The number of carbonyl (C=O) groups is 2. The molecule has 4 aromatic carbocycles. The van der Waals surface area contributed by atoms with Crippen molar-refractivity contribution in [1.82, 2.24) is 10.2 Å². The number of amides is 2. The van der Waals surface area contributed by atoms with Gasteiger partial charge in [0.25, 0.3) is 5.91 Å². The molecule has 0 fully saturated rings. The second kappa shape index (κ2) is 12.8. The summed E-state index contributed by atoms with van der Waals surface area (Å²) < 4.78 is 5.30. The van der Waals surface area contributed by atoms with Gasteiger partial charge >= 0.3 is 0 Å². The fourth-order valence-electron chi connectivity index (χ4n) is 3.92. The molecule has 0 aliphatic carbocycles. The molecule has 37 heavy (non-hydrogen) atoms. The molecule has 0 saturated carbocycles. The highest BCUT2D eigenvalue weighted by molar-refractivity contribution is 5.98. The molecule has 2 amide bonds. The summed E-state index contributed by atoms with van der Waals surface area (Å²) in [6, 6.07) is 34.9. The Morgan fingerprint density at radius 2 is 1.35 bits per heavy atom. The Bertz CT molecular complexity index is 1360.